The third-order valence-electron chi connectivity index (χ3n) is 2.94. The molecule has 1 aromatic rings. The lowest BCUT2D eigenvalue weighted by molar-refractivity contribution is -0.120. The molecule has 0 aliphatic rings. The van der Waals surface area contributed by atoms with E-state index in [-0.39, 0.29) is 10.8 Å². The van der Waals surface area contributed by atoms with Gasteiger partial charge < -0.3 is 10.6 Å². The van der Waals surface area contributed by atoms with Gasteiger partial charge in [0.25, 0.3) is 0 Å². The SMILES string of the molecule is CCCNCCC(=O)NCCc1ccc(S(N)(=O)=O)cc1. The standard InChI is InChI=1S/C14H23N3O3S/c1-2-9-16-10-8-14(18)17-11-7-12-3-5-13(6-4-12)21(15,19)20/h3-6,16H,2,7-11H2,1H3,(H,17,18)(H2,15,19,20). The Balaban J connectivity index is 2.28. The Bertz CT molecular complexity index is 541. The molecule has 0 aliphatic heterocycles. The summed E-state index contributed by atoms with van der Waals surface area (Å²) in [4.78, 5) is 11.6. The van der Waals surface area contributed by atoms with E-state index in [2.05, 4.69) is 17.6 Å². The van der Waals surface area contributed by atoms with Crippen molar-refractivity contribution < 1.29 is 13.2 Å². The van der Waals surface area contributed by atoms with Gasteiger partial charge >= 0.3 is 0 Å². The second kappa shape index (κ2) is 8.76. The topological polar surface area (TPSA) is 101 Å². The van der Waals surface area contributed by atoms with E-state index in [1.165, 1.54) is 12.1 Å². The van der Waals surface area contributed by atoms with E-state index in [0.29, 0.717) is 25.9 Å². The second-order valence-corrected chi connectivity index (χ2v) is 6.35. The molecule has 0 unspecified atom stereocenters. The summed E-state index contributed by atoms with van der Waals surface area (Å²) in [5.41, 5.74) is 0.951. The number of benzene rings is 1. The number of amides is 1. The molecule has 7 heteroatoms. The van der Waals surface area contributed by atoms with Gasteiger partial charge in [-0.3, -0.25) is 4.79 Å². The molecule has 0 spiro atoms. The lowest BCUT2D eigenvalue weighted by atomic mass is 10.1. The summed E-state index contributed by atoms with van der Waals surface area (Å²) in [6, 6.07) is 6.35. The van der Waals surface area contributed by atoms with Crippen LogP contribution < -0.4 is 15.8 Å². The first-order valence-electron chi connectivity index (χ1n) is 7.02. The van der Waals surface area contributed by atoms with Crippen molar-refractivity contribution in [3.63, 3.8) is 0 Å². The van der Waals surface area contributed by atoms with Gasteiger partial charge in [0.15, 0.2) is 0 Å². The Morgan fingerprint density at radius 1 is 1.14 bits per heavy atom. The van der Waals surface area contributed by atoms with Crippen molar-refractivity contribution in [3.05, 3.63) is 29.8 Å². The summed E-state index contributed by atoms with van der Waals surface area (Å²) in [7, 11) is -3.65. The summed E-state index contributed by atoms with van der Waals surface area (Å²) in [5.74, 6) is 0.0137. The third-order valence-corrected chi connectivity index (χ3v) is 3.87. The first-order valence-corrected chi connectivity index (χ1v) is 8.57. The molecule has 21 heavy (non-hydrogen) atoms. The first kappa shape index (κ1) is 17.6. The van der Waals surface area contributed by atoms with Gasteiger partial charge in [-0.15, -0.1) is 0 Å². The monoisotopic (exact) mass is 313 g/mol. The highest BCUT2D eigenvalue weighted by Gasteiger charge is 2.06. The Morgan fingerprint density at radius 3 is 2.38 bits per heavy atom. The van der Waals surface area contributed by atoms with E-state index >= 15 is 0 Å². The summed E-state index contributed by atoms with van der Waals surface area (Å²) in [5, 5.41) is 11.0. The Hall–Kier alpha value is -1.44. The molecule has 0 heterocycles. The van der Waals surface area contributed by atoms with Gasteiger partial charge in [-0.05, 0) is 37.1 Å². The van der Waals surface area contributed by atoms with Crippen LogP contribution in [0.1, 0.15) is 25.3 Å². The first-order chi connectivity index (χ1) is 9.93. The molecule has 0 saturated heterocycles. The van der Waals surface area contributed by atoms with E-state index in [9.17, 15) is 13.2 Å². The molecule has 6 nitrogen and oxygen atoms in total. The zero-order chi connectivity index (χ0) is 15.7. The number of nitrogens with one attached hydrogen (secondary N) is 2. The Morgan fingerprint density at radius 2 is 1.81 bits per heavy atom. The molecular weight excluding hydrogens is 290 g/mol. The molecule has 0 atom stereocenters. The average molecular weight is 313 g/mol. The third kappa shape index (κ3) is 7.22. The second-order valence-electron chi connectivity index (χ2n) is 4.79. The fourth-order valence-corrected chi connectivity index (χ4v) is 2.30. The minimum absolute atomic E-state index is 0.0137. The summed E-state index contributed by atoms with van der Waals surface area (Å²) >= 11 is 0. The number of hydrogen-bond donors (Lipinski definition) is 3. The highest BCUT2D eigenvalue weighted by Crippen LogP contribution is 2.08. The van der Waals surface area contributed by atoms with Crippen molar-refractivity contribution >= 4 is 15.9 Å². The van der Waals surface area contributed by atoms with Crippen LogP contribution in [0.2, 0.25) is 0 Å². The van der Waals surface area contributed by atoms with Gasteiger partial charge in [-0.1, -0.05) is 19.1 Å². The van der Waals surface area contributed by atoms with Gasteiger partial charge in [-0.2, -0.15) is 0 Å². The van der Waals surface area contributed by atoms with Crippen molar-refractivity contribution in [2.24, 2.45) is 5.14 Å². The average Bonchev–Trinajstić information content (AvgIpc) is 2.43. The van der Waals surface area contributed by atoms with Crippen LogP contribution in [0, 0.1) is 0 Å². The molecule has 4 N–H and O–H groups in total. The van der Waals surface area contributed by atoms with Crippen LogP contribution in [0.25, 0.3) is 0 Å². The van der Waals surface area contributed by atoms with E-state index in [1.54, 1.807) is 12.1 Å². The predicted octanol–water partition coefficient (Wildman–Crippen LogP) is 0.382. The lowest BCUT2D eigenvalue weighted by Crippen LogP contribution is -2.29. The van der Waals surface area contributed by atoms with Gasteiger partial charge in [0.05, 0.1) is 4.90 Å². The van der Waals surface area contributed by atoms with E-state index in [4.69, 9.17) is 5.14 Å². The maximum atomic E-state index is 11.5. The fraction of sp³-hybridized carbons (Fsp3) is 0.500. The summed E-state index contributed by atoms with van der Waals surface area (Å²) in [6.07, 6.45) is 2.17. The minimum atomic E-state index is -3.65. The molecule has 118 valence electrons. The highest BCUT2D eigenvalue weighted by atomic mass is 32.2. The van der Waals surface area contributed by atoms with Gasteiger partial charge in [0, 0.05) is 19.5 Å². The maximum Gasteiger partial charge on any atom is 0.238 e. The Kier molecular flexibility index (Phi) is 7.35. The van der Waals surface area contributed by atoms with Crippen LogP contribution in [0.3, 0.4) is 0 Å². The van der Waals surface area contributed by atoms with Crippen molar-refractivity contribution in [3.8, 4) is 0 Å². The fourth-order valence-electron chi connectivity index (χ4n) is 1.78. The number of primary sulfonamides is 1. The molecule has 0 saturated carbocycles. The molecule has 1 amide bonds. The molecule has 0 radical (unpaired) electrons. The van der Waals surface area contributed by atoms with Crippen LogP contribution in [0.5, 0.6) is 0 Å². The van der Waals surface area contributed by atoms with Crippen LogP contribution in [-0.4, -0.2) is 34.0 Å². The summed E-state index contributed by atoms with van der Waals surface area (Å²) < 4.78 is 22.2. The lowest BCUT2D eigenvalue weighted by Gasteiger charge is -2.06. The van der Waals surface area contributed by atoms with Crippen LogP contribution >= 0.6 is 0 Å². The smallest absolute Gasteiger partial charge is 0.238 e. The Labute approximate surface area is 126 Å². The number of sulfonamides is 1. The number of carbonyl (C=O) groups excluding carboxylic acids is 1. The molecule has 1 aromatic carbocycles. The van der Waals surface area contributed by atoms with Gasteiger partial charge in [0.1, 0.15) is 0 Å². The molecule has 0 bridgehead atoms. The highest BCUT2D eigenvalue weighted by molar-refractivity contribution is 7.89. The van der Waals surface area contributed by atoms with Gasteiger partial charge in [0.2, 0.25) is 15.9 Å². The molecular formula is C14H23N3O3S. The van der Waals surface area contributed by atoms with Crippen molar-refractivity contribution in [1.29, 1.82) is 0 Å². The maximum absolute atomic E-state index is 11.5. The minimum Gasteiger partial charge on any atom is -0.356 e. The zero-order valence-corrected chi connectivity index (χ0v) is 13.1. The van der Waals surface area contributed by atoms with E-state index < -0.39 is 10.0 Å². The number of hydrogen-bond acceptors (Lipinski definition) is 4. The number of carbonyl (C=O) groups is 1. The zero-order valence-electron chi connectivity index (χ0n) is 12.3. The molecule has 1 rings (SSSR count). The van der Waals surface area contributed by atoms with Crippen molar-refractivity contribution in [2.75, 3.05) is 19.6 Å². The predicted molar refractivity (Wildman–Crippen MR) is 82.3 cm³/mol. The van der Waals surface area contributed by atoms with E-state index in [1.807, 2.05) is 0 Å². The quantitative estimate of drug-likeness (QED) is 0.574. The van der Waals surface area contributed by atoms with Gasteiger partial charge in [-0.25, -0.2) is 13.6 Å². The normalized spacial score (nSPS) is 11.3. The molecule has 0 aromatic heterocycles. The number of rotatable bonds is 9. The van der Waals surface area contributed by atoms with Crippen LogP contribution in [0.15, 0.2) is 29.2 Å². The van der Waals surface area contributed by atoms with Crippen molar-refractivity contribution in [2.45, 2.75) is 31.1 Å². The number of nitrogens with two attached hydrogens (primary N) is 1. The van der Waals surface area contributed by atoms with Crippen LogP contribution in [0.4, 0.5) is 0 Å². The largest absolute Gasteiger partial charge is 0.356 e. The van der Waals surface area contributed by atoms with Crippen molar-refractivity contribution in [1.82, 2.24) is 10.6 Å². The molecule has 0 fully saturated rings. The summed E-state index contributed by atoms with van der Waals surface area (Å²) in [6.45, 7) is 4.21. The molecule has 0 aliphatic carbocycles. The van der Waals surface area contributed by atoms with Crippen LogP contribution in [-0.2, 0) is 21.2 Å². The van der Waals surface area contributed by atoms with E-state index in [0.717, 1.165) is 18.5 Å².